The largest absolute Gasteiger partial charge is 0.573 e. The fourth-order valence-corrected chi connectivity index (χ4v) is 3.37. The number of ether oxygens (including phenoxy) is 1. The summed E-state index contributed by atoms with van der Waals surface area (Å²) in [5.74, 6) is -0.482. The molecular weight excluding hydrogens is 407 g/mol. The Balaban J connectivity index is 0.000000703. The molecule has 0 radical (unpaired) electrons. The number of carbonyl (C=O) groups excluding carboxylic acids is 2. The molecule has 31 heavy (non-hydrogen) atoms. The molecule has 2 rings (SSSR count). The summed E-state index contributed by atoms with van der Waals surface area (Å²) in [5.41, 5.74) is 0.365. The molecule has 1 fully saturated rings. The molecule has 0 bridgehead atoms. The fraction of sp³-hybridized carbons (Fsp3) is 0.667. The summed E-state index contributed by atoms with van der Waals surface area (Å²) in [5, 5.41) is 0. The fourth-order valence-electron chi connectivity index (χ4n) is 3.37. The number of ketones is 1. The van der Waals surface area contributed by atoms with Gasteiger partial charge in [0.15, 0.2) is 0 Å². The van der Waals surface area contributed by atoms with E-state index in [0.717, 1.165) is 12.8 Å². The van der Waals surface area contributed by atoms with Crippen molar-refractivity contribution < 1.29 is 27.5 Å². The summed E-state index contributed by atoms with van der Waals surface area (Å²) in [6, 6.07) is 5.24. The molecule has 0 aliphatic carbocycles. The number of halogens is 3. The van der Waals surface area contributed by atoms with Crippen molar-refractivity contribution in [3.63, 3.8) is 0 Å². The van der Waals surface area contributed by atoms with E-state index in [2.05, 4.69) is 32.4 Å². The summed E-state index contributed by atoms with van der Waals surface area (Å²) in [6.45, 7) is 12.9. The molecule has 0 spiro atoms. The third-order valence-corrected chi connectivity index (χ3v) is 5.55. The lowest BCUT2D eigenvalue weighted by Crippen LogP contribution is -2.36. The van der Waals surface area contributed by atoms with E-state index in [-0.39, 0.29) is 23.9 Å². The van der Waals surface area contributed by atoms with E-state index in [1.54, 1.807) is 4.90 Å². The highest BCUT2D eigenvalue weighted by Crippen LogP contribution is 2.42. The zero-order valence-corrected chi connectivity index (χ0v) is 19.6. The highest BCUT2D eigenvalue weighted by atomic mass is 19.4. The van der Waals surface area contributed by atoms with Gasteiger partial charge in [0.2, 0.25) is 5.91 Å². The third kappa shape index (κ3) is 8.91. The highest BCUT2D eigenvalue weighted by Gasteiger charge is 2.47. The molecule has 1 saturated heterocycles. The molecule has 1 aliphatic rings. The van der Waals surface area contributed by atoms with Crippen LogP contribution in [0.3, 0.4) is 0 Å². The van der Waals surface area contributed by atoms with Crippen LogP contribution in [0.15, 0.2) is 24.3 Å². The second-order valence-corrected chi connectivity index (χ2v) is 9.43. The normalized spacial score (nSPS) is 19.1. The van der Waals surface area contributed by atoms with Crippen LogP contribution in [0.5, 0.6) is 5.75 Å². The summed E-state index contributed by atoms with van der Waals surface area (Å²) < 4.78 is 40.5. The van der Waals surface area contributed by atoms with Gasteiger partial charge in [-0.1, -0.05) is 53.9 Å². The molecule has 1 aromatic carbocycles. The average molecular weight is 444 g/mol. The smallest absolute Gasteiger partial charge is 0.406 e. The summed E-state index contributed by atoms with van der Waals surface area (Å²) >= 11 is 0. The Morgan fingerprint density at radius 3 is 2.10 bits per heavy atom. The molecule has 1 aliphatic heterocycles. The van der Waals surface area contributed by atoms with Gasteiger partial charge in [0.1, 0.15) is 11.5 Å². The molecule has 0 N–H and O–H groups in total. The quantitative estimate of drug-likeness (QED) is 0.459. The molecule has 4 nitrogen and oxygen atoms in total. The summed E-state index contributed by atoms with van der Waals surface area (Å²) in [6.07, 6.45) is -0.270. The first kappa shape index (κ1) is 27.0. The SMILES string of the molecule is CCC(C)(C)C.CCCCC1(CC(C)=O)CCN(c2ccc(OC(F)(F)F)cc2)C1=O. The second kappa shape index (κ2) is 11.0. The lowest BCUT2D eigenvalue weighted by molar-refractivity contribution is -0.274. The van der Waals surface area contributed by atoms with Crippen molar-refractivity contribution in [1.82, 2.24) is 0 Å². The molecule has 1 atom stereocenters. The van der Waals surface area contributed by atoms with E-state index in [4.69, 9.17) is 0 Å². The summed E-state index contributed by atoms with van der Waals surface area (Å²) in [7, 11) is 0. The molecule has 1 amide bonds. The van der Waals surface area contributed by atoms with Gasteiger partial charge in [0, 0.05) is 18.7 Å². The number of hydrogen-bond acceptors (Lipinski definition) is 3. The van der Waals surface area contributed by atoms with Crippen molar-refractivity contribution >= 4 is 17.4 Å². The number of amides is 1. The predicted molar refractivity (Wildman–Crippen MR) is 117 cm³/mol. The lowest BCUT2D eigenvalue weighted by Gasteiger charge is -2.27. The number of alkyl halides is 3. The first-order valence-corrected chi connectivity index (χ1v) is 10.9. The van der Waals surface area contributed by atoms with Gasteiger partial charge in [-0.2, -0.15) is 0 Å². The third-order valence-electron chi connectivity index (χ3n) is 5.55. The van der Waals surface area contributed by atoms with Gasteiger partial charge in [-0.05, 0) is 49.4 Å². The molecule has 176 valence electrons. The maximum Gasteiger partial charge on any atom is 0.573 e. The van der Waals surface area contributed by atoms with Crippen LogP contribution in [-0.2, 0) is 9.59 Å². The van der Waals surface area contributed by atoms with E-state index >= 15 is 0 Å². The van der Waals surface area contributed by atoms with Gasteiger partial charge in [0.25, 0.3) is 0 Å². The van der Waals surface area contributed by atoms with Gasteiger partial charge in [-0.15, -0.1) is 13.2 Å². The topological polar surface area (TPSA) is 46.6 Å². The minimum atomic E-state index is -4.75. The number of carbonyl (C=O) groups is 2. The maximum atomic E-state index is 12.9. The minimum absolute atomic E-state index is 0.0276. The monoisotopic (exact) mass is 443 g/mol. The number of benzene rings is 1. The Morgan fingerprint density at radius 1 is 1.13 bits per heavy atom. The Labute approximate surface area is 184 Å². The Hall–Kier alpha value is -2.05. The van der Waals surface area contributed by atoms with Crippen molar-refractivity contribution in [3.05, 3.63) is 24.3 Å². The number of nitrogens with zero attached hydrogens (tertiary/aromatic N) is 1. The first-order valence-electron chi connectivity index (χ1n) is 10.9. The molecule has 0 saturated carbocycles. The second-order valence-electron chi connectivity index (χ2n) is 9.43. The van der Waals surface area contributed by atoms with Crippen molar-refractivity contribution in [2.75, 3.05) is 11.4 Å². The van der Waals surface area contributed by atoms with Crippen LogP contribution < -0.4 is 9.64 Å². The van der Waals surface area contributed by atoms with E-state index in [0.29, 0.717) is 30.5 Å². The number of hydrogen-bond donors (Lipinski definition) is 0. The van der Waals surface area contributed by atoms with Crippen LogP contribution >= 0.6 is 0 Å². The first-order chi connectivity index (χ1) is 14.2. The minimum Gasteiger partial charge on any atom is -0.406 e. The van der Waals surface area contributed by atoms with Gasteiger partial charge >= 0.3 is 6.36 Å². The predicted octanol–water partition coefficient (Wildman–Crippen LogP) is 6.92. The standard InChI is InChI=1S/C18H22F3NO3.C6H14/c1-3-4-9-17(12-13(2)23)10-11-22(16(17)24)14-5-7-15(8-6-14)25-18(19,20)21;1-5-6(2,3)4/h5-8H,3-4,9-12H2,1-2H3;5H2,1-4H3. The van der Waals surface area contributed by atoms with Crippen LogP contribution in [0.1, 0.15) is 80.1 Å². The summed E-state index contributed by atoms with van der Waals surface area (Å²) in [4.78, 5) is 26.1. The number of unbranched alkanes of at least 4 members (excludes halogenated alkanes) is 1. The molecular formula is C24H36F3NO3. The van der Waals surface area contributed by atoms with E-state index in [9.17, 15) is 22.8 Å². The van der Waals surface area contributed by atoms with Gasteiger partial charge in [-0.25, -0.2) is 0 Å². The Kier molecular flexibility index (Phi) is 9.58. The van der Waals surface area contributed by atoms with E-state index in [1.165, 1.54) is 37.6 Å². The van der Waals surface area contributed by atoms with Crippen molar-refractivity contribution in [1.29, 1.82) is 0 Å². The zero-order valence-electron chi connectivity index (χ0n) is 19.6. The van der Waals surface area contributed by atoms with Crippen molar-refractivity contribution in [3.8, 4) is 5.75 Å². The molecule has 1 aromatic rings. The van der Waals surface area contributed by atoms with Crippen molar-refractivity contribution in [2.45, 2.75) is 86.4 Å². The maximum absolute atomic E-state index is 12.9. The highest BCUT2D eigenvalue weighted by molar-refractivity contribution is 6.02. The van der Waals surface area contributed by atoms with Gasteiger partial charge in [0.05, 0.1) is 5.41 Å². The van der Waals surface area contributed by atoms with Crippen molar-refractivity contribution in [2.24, 2.45) is 10.8 Å². The number of Topliss-reactive ketones (excluding diaryl/α,β-unsaturated/α-hetero) is 1. The van der Waals surface area contributed by atoms with Crippen LogP contribution in [0.2, 0.25) is 0 Å². The zero-order chi connectivity index (χ0) is 23.9. The molecule has 7 heteroatoms. The average Bonchev–Trinajstić information content (AvgIpc) is 2.95. The molecule has 1 heterocycles. The van der Waals surface area contributed by atoms with Crippen LogP contribution in [-0.4, -0.2) is 24.6 Å². The van der Waals surface area contributed by atoms with E-state index in [1.807, 2.05) is 6.92 Å². The number of rotatable bonds is 7. The number of anilines is 1. The Morgan fingerprint density at radius 2 is 1.68 bits per heavy atom. The Bertz CT molecular complexity index is 723. The van der Waals surface area contributed by atoms with Gasteiger partial charge in [-0.3, -0.25) is 9.59 Å². The van der Waals surface area contributed by atoms with E-state index < -0.39 is 11.8 Å². The molecule has 0 aromatic heterocycles. The van der Waals surface area contributed by atoms with Crippen LogP contribution in [0.25, 0.3) is 0 Å². The molecule has 1 unspecified atom stereocenters. The van der Waals surface area contributed by atoms with Crippen LogP contribution in [0, 0.1) is 10.8 Å². The lowest BCUT2D eigenvalue weighted by atomic mass is 9.77. The van der Waals surface area contributed by atoms with Gasteiger partial charge < -0.3 is 9.64 Å². The van der Waals surface area contributed by atoms with Crippen LogP contribution in [0.4, 0.5) is 18.9 Å².